The van der Waals surface area contributed by atoms with Gasteiger partial charge in [-0.05, 0) is 55.9 Å². The van der Waals surface area contributed by atoms with Crippen LogP contribution in [0.2, 0.25) is 0 Å². The van der Waals surface area contributed by atoms with E-state index in [1.54, 1.807) is 0 Å². The fourth-order valence-corrected chi connectivity index (χ4v) is 5.26. The second-order valence-electron chi connectivity index (χ2n) is 8.30. The van der Waals surface area contributed by atoms with Crippen LogP contribution in [-0.4, -0.2) is 42.5 Å². The molecule has 4 rings (SSSR count). The molecule has 2 aliphatic carbocycles. The maximum absolute atomic E-state index is 12.7. The lowest BCUT2D eigenvalue weighted by molar-refractivity contribution is -0.128. The van der Waals surface area contributed by atoms with Crippen molar-refractivity contribution >= 4 is 5.91 Å². The third-order valence-electron chi connectivity index (χ3n) is 6.78. The number of hydrogen-bond donors (Lipinski definition) is 2. The third-order valence-corrected chi connectivity index (χ3v) is 6.78. The summed E-state index contributed by atoms with van der Waals surface area (Å²) in [4.78, 5) is 15.2. The fourth-order valence-electron chi connectivity index (χ4n) is 5.26. The van der Waals surface area contributed by atoms with Crippen LogP contribution in [0.3, 0.4) is 0 Å². The van der Waals surface area contributed by atoms with Crippen molar-refractivity contribution in [1.82, 2.24) is 10.2 Å². The van der Waals surface area contributed by atoms with Gasteiger partial charge in [0.15, 0.2) is 0 Å². The van der Waals surface area contributed by atoms with Crippen LogP contribution in [0.15, 0.2) is 30.3 Å². The average molecular weight is 341 g/mol. The predicted octanol–water partition coefficient (Wildman–Crippen LogP) is 2.18. The summed E-state index contributed by atoms with van der Waals surface area (Å²) in [6.45, 7) is 3.28. The molecule has 1 aliphatic heterocycles. The van der Waals surface area contributed by atoms with Crippen LogP contribution in [0.5, 0.6) is 0 Å². The van der Waals surface area contributed by atoms with Gasteiger partial charge < -0.3 is 16.0 Å². The van der Waals surface area contributed by atoms with Crippen molar-refractivity contribution in [1.29, 1.82) is 0 Å². The highest BCUT2D eigenvalue weighted by molar-refractivity contribution is 5.80. The maximum Gasteiger partial charge on any atom is 0.225 e. The Kier molecular flexibility index (Phi) is 5.09. The molecule has 4 atom stereocenters. The van der Waals surface area contributed by atoms with E-state index in [2.05, 4.69) is 40.5 Å². The molecule has 1 aromatic carbocycles. The van der Waals surface area contributed by atoms with Gasteiger partial charge in [0.1, 0.15) is 0 Å². The molecule has 1 aromatic rings. The average Bonchev–Trinajstić information content (AvgIpc) is 3.23. The number of hydrogen-bond acceptors (Lipinski definition) is 3. The molecule has 4 nitrogen and oxygen atoms in total. The van der Waals surface area contributed by atoms with E-state index < -0.39 is 0 Å². The summed E-state index contributed by atoms with van der Waals surface area (Å²) in [5, 5.41) is 3.32. The molecule has 3 fully saturated rings. The number of amides is 1. The summed E-state index contributed by atoms with van der Waals surface area (Å²) in [6.07, 6.45) is 6.85. The first-order chi connectivity index (χ1) is 12.2. The minimum atomic E-state index is 0.0786. The van der Waals surface area contributed by atoms with Crippen LogP contribution >= 0.6 is 0 Å². The maximum atomic E-state index is 12.7. The van der Waals surface area contributed by atoms with Gasteiger partial charge in [-0.15, -0.1) is 0 Å². The summed E-state index contributed by atoms with van der Waals surface area (Å²) < 4.78 is 0. The number of carbonyl (C=O) groups is 1. The summed E-state index contributed by atoms with van der Waals surface area (Å²) in [5.41, 5.74) is 7.72. The van der Waals surface area contributed by atoms with Crippen molar-refractivity contribution in [2.24, 2.45) is 23.5 Å². The Morgan fingerprint density at radius 1 is 1.08 bits per heavy atom. The monoisotopic (exact) mass is 341 g/mol. The molecule has 3 aliphatic rings. The highest BCUT2D eigenvalue weighted by Gasteiger charge is 2.49. The Hall–Kier alpha value is -1.39. The molecule has 4 heteroatoms. The number of rotatable bonds is 5. The van der Waals surface area contributed by atoms with Crippen molar-refractivity contribution in [3.63, 3.8) is 0 Å². The van der Waals surface area contributed by atoms with Crippen LogP contribution in [-0.2, 0) is 11.2 Å². The van der Waals surface area contributed by atoms with Gasteiger partial charge in [0.05, 0.1) is 5.92 Å². The fraction of sp³-hybridized carbons (Fsp3) is 0.667. The molecule has 25 heavy (non-hydrogen) atoms. The molecule has 3 N–H and O–H groups in total. The number of piperidine rings is 1. The van der Waals surface area contributed by atoms with E-state index >= 15 is 0 Å². The minimum absolute atomic E-state index is 0.0786. The SMILES string of the molecule is NC1C2CCC(C2)C1C(=O)NC1CCN(CCc2ccccc2)CC1. The van der Waals surface area contributed by atoms with Gasteiger partial charge in [-0.2, -0.15) is 0 Å². The number of fused-ring (bicyclic) bond motifs is 2. The van der Waals surface area contributed by atoms with Crippen molar-refractivity contribution in [3.05, 3.63) is 35.9 Å². The largest absolute Gasteiger partial charge is 0.353 e. The summed E-state index contributed by atoms with van der Waals surface area (Å²) in [6, 6.07) is 11.1. The van der Waals surface area contributed by atoms with Gasteiger partial charge in [-0.3, -0.25) is 4.79 Å². The first-order valence-corrected chi connectivity index (χ1v) is 10.0. The molecule has 1 amide bonds. The first kappa shape index (κ1) is 17.0. The van der Waals surface area contributed by atoms with Crippen LogP contribution in [0, 0.1) is 17.8 Å². The zero-order chi connectivity index (χ0) is 17.2. The molecule has 4 unspecified atom stereocenters. The number of benzene rings is 1. The van der Waals surface area contributed by atoms with Crippen molar-refractivity contribution < 1.29 is 4.79 Å². The highest BCUT2D eigenvalue weighted by atomic mass is 16.2. The van der Waals surface area contributed by atoms with E-state index in [1.807, 2.05) is 0 Å². The zero-order valence-corrected chi connectivity index (χ0v) is 15.1. The van der Waals surface area contributed by atoms with E-state index in [4.69, 9.17) is 5.73 Å². The predicted molar refractivity (Wildman–Crippen MR) is 100 cm³/mol. The van der Waals surface area contributed by atoms with E-state index in [0.29, 0.717) is 17.9 Å². The van der Waals surface area contributed by atoms with Gasteiger partial charge >= 0.3 is 0 Å². The molecular formula is C21H31N3O. The van der Waals surface area contributed by atoms with E-state index in [1.165, 1.54) is 24.8 Å². The zero-order valence-electron chi connectivity index (χ0n) is 15.1. The van der Waals surface area contributed by atoms with Crippen LogP contribution < -0.4 is 11.1 Å². The van der Waals surface area contributed by atoms with Gasteiger partial charge in [0.2, 0.25) is 5.91 Å². The molecule has 1 heterocycles. The molecular weight excluding hydrogens is 310 g/mol. The third kappa shape index (κ3) is 3.75. The quantitative estimate of drug-likeness (QED) is 0.863. The molecule has 0 aromatic heterocycles. The van der Waals surface area contributed by atoms with Crippen LogP contribution in [0.25, 0.3) is 0 Å². The Labute approximate surface area is 151 Å². The van der Waals surface area contributed by atoms with Gasteiger partial charge in [0.25, 0.3) is 0 Å². The molecule has 136 valence electrons. The number of nitrogens with zero attached hydrogens (tertiary/aromatic N) is 1. The van der Waals surface area contributed by atoms with E-state index in [-0.39, 0.29) is 17.9 Å². The van der Waals surface area contributed by atoms with E-state index in [9.17, 15) is 4.79 Å². The van der Waals surface area contributed by atoms with Gasteiger partial charge in [-0.1, -0.05) is 30.3 Å². The molecule has 2 saturated carbocycles. The molecule has 0 radical (unpaired) electrons. The van der Waals surface area contributed by atoms with Crippen LogP contribution in [0.1, 0.15) is 37.7 Å². The molecule has 2 bridgehead atoms. The normalized spacial score (nSPS) is 32.8. The van der Waals surface area contributed by atoms with E-state index in [0.717, 1.165) is 38.9 Å². The van der Waals surface area contributed by atoms with Crippen LogP contribution in [0.4, 0.5) is 0 Å². The lowest BCUT2D eigenvalue weighted by Crippen LogP contribution is -2.51. The lowest BCUT2D eigenvalue weighted by Gasteiger charge is -2.34. The number of nitrogens with two attached hydrogens (primary N) is 1. The molecule has 1 saturated heterocycles. The summed E-state index contributed by atoms with van der Waals surface area (Å²) in [5.74, 6) is 1.46. The number of carbonyl (C=O) groups excluding carboxylic acids is 1. The topological polar surface area (TPSA) is 58.4 Å². The van der Waals surface area contributed by atoms with Gasteiger partial charge in [-0.25, -0.2) is 0 Å². The first-order valence-electron chi connectivity index (χ1n) is 10.0. The smallest absolute Gasteiger partial charge is 0.225 e. The Morgan fingerprint density at radius 3 is 2.48 bits per heavy atom. The van der Waals surface area contributed by atoms with Gasteiger partial charge in [0, 0.05) is 31.7 Å². The molecule has 0 spiro atoms. The van der Waals surface area contributed by atoms with Crippen molar-refractivity contribution in [2.45, 2.75) is 50.6 Å². The van der Waals surface area contributed by atoms with Crippen molar-refractivity contribution in [2.75, 3.05) is 19.6 Å². The summed E-state index contributed by atoms with van der Waals surface area (Å²) in [7, 11) is 0. The number of nitrogens with one attached hydrogen (secondary N) is 1. The second-order valence-corrected chi connectivity index (χ2v) is 8.30. The Balaban J connectivity index is 1.21. The minimum Gasteiger partial charge on any atom is -0.353 e. The lowest BCUT2D eigenvalue weighted by atomic mass is 9.84. The second kappa shape index (κ2) is 7.46. The number of likely N-dealkylation sites (tertiary alicyclic amines) is 1. The standard InChI is InChI=1S/C21H31N3O/c22-20-17-7-6-16(14-17)19(20)21(25)23-18-9-12-24(13-10-18)11-8-15-4-2-1-3-5-15/h1-5,16-20H,6-14,22H2,(H,23,25). The summed E-state index contributed by atoms with van der Waals surface area (Å²) >= 11 is 0. The Bertz CT molecular complexity index is 580. The van der Waals surface area contributed by atoms with Crippen molar-refractivity contribution in [3.8, 4) is 0 Å². The highest BCUT2D eigenvalue weighted by Crippen LogP contribution is 2.47. The Morgan fingerprint density at radius 2 is 1.80 bits per heavy atom.